The molecule has 36 heavy (non-hydrogen) atoms. The molecule has 1 saturated heterocycles. The fraction of sp³-hybridized carbons (Fsp3) is 0.600. The van der Waals surface area contributed by atoms with Crippen molar-refractivity contribution in [2.24, 2.45) is 5.41 Å². The Balaban J connectivity index is 1.29. The summed E-state index contributed by atoms with van der Waals surface area (Å²) in [5.74, 6) is 1.73. The molecule has 3 rings (SSSR count). The van der Waals surface area contributed by atoms with Crippen molar-refractivity contribution < 1.29 is 19.3 Å². The molecule has 1 heterocycles. The smallest absolute Gasteiger partial charge is 0.119 e. The van der Waals surface area contributed by atoms with Crippen LogP contribution in [0, 0.1) is 5.41 Å². The van der Waals surface area contributed by atoms with Gasteiger partial charge in [0.1, 0.15) is 18.1 Å². The number of anilines is 1. The molecule has 1 aliphatic heterocycles. The number of hydrogen-bond acceptors (Lipinski definition) is 6. The fourth-order valence-corrected chi connectivity index (χ4v) is 5.20. The number of aliphatic hydroxyl groups is 1. The van der Waals surface area contributed by atoms with Gasteiger partial charge in [-0.3, -0.25) is 4.90 Å². The fourth-order valence-electron chi connectivity index (χ4n) is 5.20. The summed E-state index contributed by atoms with van der Waals surface area (Å²) in [4.78, 5) is 4.67. The number of methoxy groups -OCH3 is 1. The lowest BCUT2D eigenvalue weighted by Gasteiger charge is -2.36. The molecule has 2 aromatic carbocycles. The molecule has 0 unspecified atom stereocenters. The summed E-state index contributed by atoms with van der Waals surface area (Å²) >= 11 is 0. The zero-order valence-corrected chi connectivity index (χ0v) is 23.1. The monoisotopic (exact) mass is 498 g/mol. The Morgan fingerprint density at radius 3 is 2.03 bits per heavy atom. The van der Waals surface area contributed by atoms with E-state index < -0.39 is 6.10 Å². The van der Waals surface area contributed by atoms with Gasteiger partial charge in [0.05, 0.1) is 26.4 Å². The molecule has 200 valence electrons. The van der Waals surface area contributed by atoms with E-state index in [4.69, 9.17) is 14.2 Å². The number of aliphatic hydroxyl groups excluding tert-OH is 1. The Kier molecular flexibility index (Phi) is 10.1. The predicted octanol–water partition coefficient (Wildman–Crippen LogP) is 4.99. The maximum atomic E-state index is 10.4. The standard InChI is InChI=1S/C30H46N2O4/c1-29(2,3)23-30(4,5)24-7-11-28(12-8-24)36-20-19-35-22-26(33)21-31-15-17-32(18-16-31)25-9-13-27(34-6)14-10-25/h7-14,26,33H,15-23H2,1-6H3/t26-/m1/s1. The summed E-state index contributed by atoms with van der Waals surface area (Å²) in [6, 6.07) is 16.6. The number of nitrogens with zero attached hydrogens (tertiary/aromatic N) is 2. The molecule has 1 aliphatic rings. The van der Waals surface area contributed by atoms with Crippen LogP contribution in [0.15, 0.2) is 48.5 Å². The van der Waals surface area contributed by atoms with Crippen LogP contribution in [0.2, 0.25) is 0 Å². The van der Waals surface area contributed by atoms with E-state index in [0.717, 1.165) is 44.1 Å². The molecule has 0 saturated carbocycles. The number of ether oxygens (including phenoxy) is 3. The lowest BCUT2D eigenvalue weighted by molar-refractivity contribution is 0.00718. The van der Waals surface area contributed by atoms with E-state index >= 15 is 0 Å². The molecule has 0 bridgehead atoms. The molecule has 0 aromatic heterocycles. The minimum Gasteiger partial charge on any atom is -0.497 e. The zero-order valence-electron chi connectivity index (χ0n) is 23.1. The van der Waals surface area contributed by atoms with Crippen molar-refractivity contribution in [2.75, 3.05) is 64.6 Å². The molecule has 0 spiro atoms. The zero-order chi connectivity index (χ0) is 26.2. The lowest BCUT2D eigenvalue weighted by atomic mass is 9.72. The van der Waals surface area contributed by atoms with Gasteiger partial charge in [-0.05, 0) is 59.2 Å². The maximum Gasteiger partial charge on any atom is 0.119 e. The van der Waals surface area contributed by atoms with Gasteiger partial charge in [0.2, 0.25) is 0 Å². The van der Waals surface area contributed by atoms with Crippen LogP contribution in [-0.2, 0) is 10.2 Å². The summed E-state index contributed by atoms with van der Waals surface area (Å²) in [7, 11) is 1.68. The number of β-amino-alcohol motifs (C(OH)–C–C–N with tert-alkyl or cyclic N) is 1. The van der Waals surface area contributed by atoms with Crippen molar-refractivity contribution in [1.29, 1.82) is 0 Å². The quantitative estimate of drug-likeness (QED) is 0.416. The Labute approximate surface area is 218 Å². The van der Waals surface area contributed by atoms with Gasteiger partial charge in [-0.25, -0.2) is 0 Å². The third-order valence-electron chi connectivity index (χ3n) is 6.69. The van der Waals surface area contributed by atoms with Crippen molar-refractivity contribution in [1.82, 2.24) is 4.90 Å². The third-order valence-corrected chi connectivity index (χ3v) is 6.69. The average molecular weight is 499 g/mol. The van der Waals surface area contributed by atoms with Gasteiger partial charge in [0, 0.05) is 38.4 Å². The van der Waals surface area contributed by atoms with E-state index in [1.807, 2.05) is 24.3 Å². The predicted molar refractivity (Wildman–Crippen MR) is 148 cm³/mol. The first-order valence-electron chi connectivity index (χ1n) is 13.2. The molecular formula is C30H46N2O4. The van der Waals surface area contributed by atoms with Gasteiger partial charge in [-0.15, -0.1) is 0 Å². The highest BCUT2D eigenvalue weighted by Crippen LogP contribution is 2.36. The lowest BCUT2D eigenvalue weighted by Crippen LogP contribution is -2.49. The Morgan fingerprint density at radius 1 is 0.833 bits per heavy atom. The second kappa shape index (κ2) is 12.8. The van der Waals surface area contributed by atoms with Gasteiger partial charge in [-0.2, -0.15) is 0 Å². The molecule has 0 aliphatic carbocycles. The molecule has 1 atom stereocenters. The molecule has 0 amide bonds. The van der Waals surface area contributed by atoms with Crippen molar-refractivity contribution in [3.8, 4) is 11.5 Å². The largest absolute Gasteiger partial charge is 0.497 e. The summed E-state index contributed by atoms with van der Waals surface area (Å²) in [6.45, 7) is 17.1. The van der Waals surface area contributed by atoms with Crippen molar-refractivity contribution in [3.63, 3.8) is 0 Å². The first-order valence-corrected chi connectivity index (χ1v) is 13.2. The van der Waals surface area contributed by atoms with Crippen molar-refractivity contribution >= 4 is 5.69 Å². The van der Waals surface area contributed by atoms with Gasteiger partial charge in [0.15, 0.2) is 0 Å². The first kappa shape index (κ1) is 28.3. The van der Waals surface area contributed by atoms with Crippen LogP contribution in [-0.4, -0.2) is 75.8 Å². The van der Waals surface area contributed by atoms with E-state index in [1.165, 1.54) is 11.3 Å². The molecular weight excluding hydrogens is 452 g/mol. The van der Waals surface area contributed by atoms with E-state index in [2.05, 4.69) is 68.7 Å². The average Bonchev–Trinajstić information content (AvgIpc) is 2.83. The van der Waals surface area contributed by atoms with Gasteiger partial charge >= 0.3 is 0 Å². The second-order valence-corrected chi connectivity index (χ2v) is 11.7. The molecule has 0 radical (unpaired) electrons. The number of benzene rings is 2. The number of hydrogen-bond donors (Lipinski definition) is 1. The van der Waals surface area contributed by atoms with E-state index in [9.17, 15) is 5.11 Å². The SMILES string of the molecule is COc1ccc(N2CCN(C[C@@H](O)COCCOc3ccc(C(C)(C)CC(C)(C)C)cc3)CC2)cc1. The van der Waals surface area contributed by atoms with Gasteiger partial charge in [-0.1, -0.05) is 46.8 Å². The minimum absolute atomic E-state index is 0.123. The summed E-state index contributed by atoms with van der Waals surface area (Å²) in [5.41, 5.74) is 2.95. The first-order chi connectivity index (χ1) is 17.1. The molecule has 1 N–H and O–H groups in total. The van der Waals surface area contributed by atoms with E-state index in [-0.39, 0.29) is 10.8 Å². The molecule has 2 aromatic rings. The topological polar surface area (TPSA) is 54.4 Å². The highest BCUT2D eigenvalue weighted by atomic mass is 16.5. The van der Waals surface area contributed by atoms with Crippen LogP contribution in [0.5, 0.6) is 11.5 Å². The summed E-state index contributed by atoms with van der Waals surface area (Å²) < 4.78 is 16.8. The second-order valence-electron chi connectivity index (χ2n) is 11.7. The Hall–Kier alpha value is -2.28. The Morgan fingerprint density at radius 2 is 1.44 bits per heavy atom. The summed E-state index contributed by atoms with van der Waals surface area (Å²) in [6.07, 6.45) is 0.621. The van der Waals surface area contributed by atoms with Crippen LogP contribution in [0.4, 0.5) is 5.69 Å². The van der Waals surface area contributed by atoms with E-state index in [0.29, 0.717) is 26.4 Å². The molecule has 6 heteroatoms. The third kappa shape index (κ3) is 8.99. The normalized spacial score (nSPS) is 16.1. The van der Waals surface area contributed by atoms with Crippen LogP contribution in [0.25, 0.3) is 0 Å². The number of rotatable bonds is 12. The van der Waals surface area contributed by atoms with Crippen molar-refractivity contribution in [3.05, 3.63) is 54.1 Å². The van der Waals surface area contributed by atoms with Crippen LogP contribution < -0.4 is 14.4 Å². The maximum absolute atomic E-state index is 10.4. The van der Waals surface area contributed by atoms with Gasteiger partial charge < -0.3 is 24.2 Å². The highest BCUT2D eigenvalue weighted by molar-refractivity contribution is 5.49. The Bertz CT molecular complexity index is 898. The van der Waals surface area contributed by atoms with E-state index in [1.54, 1.807) is 7.11 Å². The van der Waals surface area contributed by atoms with Crippen LogP contribution in [0.1, 0.15) is 46.6 Å². The summed E-state index contributed by atoms with van der Waals surface area (Å²) in [5, 5.41) is 10.4. The molecule has 1 fully saturated rings. The van der Waals surface area contributed by atoms with Gasteiger partial charge in [0.25, 0.3) is 0 Å². The van der Waals surface area contributed by atoms with Crippen LogP contribution in [0.3, 0.4) is 0 Å². The highest BCUT2D eigenvalue weighted by Gasteiger charge is 2.27. The number of piperazine rings is 1. The van der Waals surface area contributed by atoms with Crippen molar-refractivity contribution in [2.45, 2.75) is 52.6 Å². The minimum atomic E-state index is -0.498. The molecule has 6 nitrogen and oxygen atoms in total. The van der Waals surface area contributed by atoms with Crippen LogP contribution >= 0.6 is 0 Å².